The summed E-state index contributed by atoms with van der Waals surface area (Å²) < 4.78 is 0. The monoisotopic (exact) mass is 292 g/mol. The molecule has 0 unspecified atom stereocenters. The van der Waals surface area contributed by atoms with Crippen molar-refractivity contribution in [2.75, 3.05) is 0 Å². The molecule has 2 N–H and O–H groups in total. The van der Waals surface area contributed by atoms with Gasteiger partial charge in [0.05, 0.1) is 17.8 Å². The summed E-state index contributed by atoms with van der Waals surface area (Å²) in [6.07, 6.45) is 1.47. The molecule has 0 bridgehead atoms. The molecule has 0 aromatic carbocycles. The second kappa shape index (κ2) is 5.74. The van der Waals surface area contributed by atoms with Gasteiger partial charge >= 0.3 is 5.97 Å². The molecule has 0 aliphatic carbocycles. The summed E-state index contributed by atoms with van der Waals surface area (Å²) in [5.74, 6) is -0.791. The van der Waals surface area contributed by atoms with Crippen LogP contribution in [0.15, 0.2) is 11.6 Å². The van der Waals surface area contributed by atoms with Gasteiger partial charge in [0.2, 0.25) is 0 Å². The first-order valence-corrected chi connectivity index (χ1v) is 6.61. The van der Waals surface area contributed by atoms with Crippen LogP contribution >= 0.6 is 11.3 Å². The summed E-state index contributed by atoms with van der Waals surface area (Å²) in [6, 6.07) is 0. The van der Waals surface area contributed by atoms with Gasteiger partial charge in [-0.05, 0) is 13.8 Å². The molecule has 0 radical (unpaired) electrons. The lowest BCUT2D eigenvalue weighted by Crippen LogP contribution is -2.24. The predicted molar refractivity (Wildman–Crippen MR) is 71.7 cm³/mol. The molecule has 0 aliphatic heterocycles. The third-order valence-electron chi connectivity index (χ3n) is 2.52. The molecular weight excluding hydrogens is 280 g/mol. The summed E-state index contributed by atoms with van der Waals surface area (Å²) in [5.41, 5.74) is 0.972. The zero-order valence-electron chi connectivity index (χ0n) is 10.9. The molecule has 0 aliphatic rings. The van der Waals surface area contributed by atoms with Gasteiger partial charge in [-0.3, -0.25) is 4.79 Å². The third-order valence-corrected chi connectivity index (χ3v) is 3.36. The van der Waals surface area contributed by atoms with Crippen molar-refractivity contribution < 1.29 is 14.7 Å². The minimum Gasteiger partial charge on any atom is -0.476 e. The Balaban J connectivity index is 2.02. The molecule has 0 saturated heterocycles. The van der Waals surface area contributed by atoms with Gasteiger partial charge in [0.25, 0.3) is 5.91 Å². The highest BCUT2D eigenvalue weighted by atomic mass is 32.1. The van der Waals surface area contributed by atoms with Crippen molar-refractivity contribution in [1.82, 2.24) is 20.3 Å². The Labute approximate surface area is 118 Å². The van der Waals surface area contributed by atoms with Gasteiger partial charge in [0.1, 0.15) is 10.8 Å². The number of carboxylic acid groups (broad SMARTS) is 1. The number of aryl methyl sites for hydroxylation is 2. The van der Waals surface area contributed by atoms with E-state index in [1.807, 2.05) is 0 Å². The average Bonchev–Trinajstić information content (AvgIpc) is 2.85. The number of aromatic nitrogens is 3. The van der Waals surface area contributed by atoms with Crippen molar-refractivity contribution in [3.8, 4) is 0 Å². The summed E-state index contributed by atoms with van der Waals surface area (Å²) in [6.45, 7) is 3.65. The maximum atomic E-state index is 12.0. The first-order valence-electron chi connectivity index (χ1n) is 5.73. The van der Waals surface area contributed by atoms with Gasteiger partial charge < -0.3 is 10.4 Å². The SMILES string of the molecule is Cc1ncc(C(=O)NCc2nc(C(=O)O)cs2)c(C)n1. The number of amides is 1. The van der Waals surface area contributed by atoms with E-state index in [1.165, 1.54) is 22.9 Å². The molecule has 0 spiro atoms. The maximum absolute atomic E-state index is 12.0. The number of rotatable bonds is 4. The van der Waals surface area contributed by atoms with Gasteiger partial charge in [0.15, 0.2) is 5.69 Å². The van der Waals surface area contributed by atoms with Crippen LogP contribution in [-0.2, 0) is 6.54 Å². The Bertz CT molecular complexity index is 668. The minimum atomic E-state index is -1.08. The van der Waals surface area contributed by atoms with Crippen molar-refractivity contribution in [3.63, 3.8) is 0 Å². The molecule has 0 atom stereocenters. The third kappa shape index (κ3) is 3.15. The summed E-state index contributed by atoms with van der Waals surface area (Å²) in [7, 11) is 0. The van der Waals surface area contributed by atoms with Crippen molar-refractivity contribution in [2.45, 2.75) is 20.4 Å². The van der Waals surface area contributed by atoms with Crippen LogP contribution in [0.1, 0.15) is 37.4 Å². The van der Waals surface area contributed by atoms with E-state index in [0.29, 0.717) is 22.1 Å². The standard InChI is InChI=1S/C12H12N4O3S/c1-6-8(3-13-7(2)15-6)11(17)14-4-10-16-9(5-20-10)12(18)19/h3,5H,4H2,1-2H3,(H,14,17)(H,18,19). The minimum absolute atomic E-state index is 0.0194. The number of carboxylic acids is 1. The number of hydrogen-bond donors (Lipinski definition) is 2. The van der Waals surface area contributed by atoms with Crippen molar-refractivity contribution in [3.05, 3.63) is 39.4 Å². The summed E-state index contributed by atoms with van der Waals surface area (Å²) >= 11 is 1.18. The molecular formula is C12H12N4O3S. The van der Waals surface area contributed by atoms with Gasteiger partial charge in [-0.2, -0.15) is 0 Å². The van der Waals surface area contributed by atoms with Gasteiger partial charge in [0, 0.05) is 11.6 Å². The van der Waals surface area contributed by atoms with Crippen molar-refractivity contribution >= 4 is 23.2 Å². The van der Waals surface area contributed by atoms with Crippen LogP contribution in [0, 0.1) is 13.8 Å². The van der Waals surface area contributed by atoms with Crippen molar-refractivity contribution in [2.24, 2.45) is 0 Å². The second-order valence-electron chi connectivity index (χ2n) is 4.03. The van der Waals surface area contributed by atoms with Gasteiger partial charge in [-0.1, -0.05) is 0 Å². The Kier molecular flexibility index (Phi) is 4.04. The first kappa shape index (κ1) is 14.1. The average molecular weight is 292 g/mol. The van der Waals surface area contributed by atoms with E-state index >= 15 is 0 Å². The smallest absolute Gasteiger partial charge is 0.355 e. The van der Waals surface area contributed by atoms with Crippen LogP contribution in [0.25, 0.3) is 0 Å². The van der Waals surface area contributed by atoms with Crippen LogP contribution in [-0.4, -0.2) is 31.9 Å². The molecule has 2 aromatic heterocycles. The van der Waals surface area contributed by atoms with E-state index in [2.05, 4.69) is 20.3 Å². The summed E-state index contributed by atoms with van der Waals surface area (Å²) in [5, 5.41) is 13.4. The van der Waals surface area contributed by atoms with E-state index in [4.69, 9.17) is 5.11 Å². The maximum Gasteiger partial charge on any atom is 0.355 e. The molecule has 0 fully saturated rings. The molecule has 2 rings (SSSR count). The fraction of sp³-hybridized carbons (Fsp3) is 0.250. The van der Waals surface area contributed by atoms with E-state index in [0.717, 1.165) is 0 Å². The lowest BCUT2D eigenvalue weighted by atomic mass is 10.2. The van der Waals surface area contributed by atoms with Crippen LogP contribution in [0.4, 0.5) is 0 Å². The van der Waals surface area contributed by atoms with Crippen LogP contribution in [0.5, 0.6) is 0 Å². The highest BCUT2D eigenvalue weighted by molar-refractivity contribution is 7.09. The first-order chi connectivity index (χ1) is 9.47. The van der Waals surface area contributed by atoms with E-state index in [-0.39, 0.29) is 18.1 Å². The Hall–Kier alpha value is -2.35. The second-order valence-corrected chi connectivity index (χ2v) is 4.97. The zero-order chi connectivity index (χ0) is 14.7. The number of aromatic carboxylic acids is 1. The summed E-state index contributed by atoms with van der Waals surface area (Å²) in [4.78, 5) is 34.6. The van der Waals surface area contributed by atoms with E-state index in [9.17, 15) is 9.59 Å². The number of carbonyl (C=O) groups excluding carboxylic acids is 1. The molecule has 1 amide bonds. The Morgan fingerprint density at radius 2 is 2.10 bits per heavy atom. The fourth-order valence-corrected chi connectivity index (χ4v) is 2.26. The zero-order valence-corrected chi connectivity index (χ0v) is 11.7. The normalized spacial score (nSPS) is 10.3. The molecule has 7 nitrogen and oxygen atoms in total. The number of carbonyl (C=O) groups is 2. The molecule has 2 aromatic rings. The molecule has 0 saturated carbocycles. The Morgan fingerprint density at radius 1 is 1.35 bits per heavy atom. The molecule has 104 valence electrons. The fourth-order valence-electron chi connectivity index (χ4n) is 1.55. The molecule has 8 heteroatoms. The lowest BCUT2D eigenvalue weighted by molar-refractivity contribution is 0.0691. The molecule has 20 heavy (non-hydrogen) atoms. The topological polar surface area (TPSA) is 105 Å². The Morgan fingerprint density at radius 3 is 2.70 bits per heavy atom. The van der Waals surface area contributed by atoms with Crippen molar-refractivity contribution in [1.29, 1.82) is 0 Å². The number of thiazole rings is 1. The quantitative estimate of drug-likeness (QED) is 0.876. The van der Waals surface area contributed by atoms with E-state index < -0.39 is 5.97 Å². The van der Waals surface area contributed by atoms with Gasteiger partial charge in [-0.25, -0.2) is 19.7 Å². The number of nitrogens with one attached hydrogen (secondary N) is 1. The molecule has 2 heterocycles. The van der Waals surface area contributed by atoms with Crippen LogP contribution in [0.3, 0.4) is 0 Å². The highest BCUT2D eigenvalue weighted by Gasteiger charge is 2.13. The van der Waals surface area contributed by atoms with E-state index in [1.54, 1.807) is 13.8 Å². The van der Waals surface area contributed by atoms with Crippen LogP contribution < -0.4 is 5.32 Å². The van der Waals surface area contributed by atoms with Crippen LogP contribution in [0.2, 0.25) is 0 Å². The van der Waals surface area contributed by atoms with Gasteiger partial charge in [-0.15, -0.1) is 11.3 Å². The lowest BCUT2D eigenvalue weighted by Gasteiger charge is -2.05. The highest BCUT2D eigenvalue weighted by Crippen LogP contribution is 2.10. The number of hydrogen-bond acceptors (Lipinski definition) is 6. The largest absolute Gasteiger partial charge is 0.476 e. The number of nitrogens with zero attached hydrogens (tertiary/aromatic N) is 3. The predicted octanol–water partition coefficient (Wildman–Crippen LogP) is 1.18.